The first-order valence-corrected chi connectivity index (χ1v) is 5.70. The Bertz CT molecular complexity index is 415. The number of benzene rings is 1. The van der Waals surface area contributed by atoms with Gasteiger partial charge in [0, 0.05) is 0 Å². The van der Waals surface area contributed by atoms with E-state index >= 15 is 0 Å². The monoisotopic (exact) mass is 256 g/mol. The predicted octanol–water partition coefficient (Wildman–Crippen LogP) is 3.02. The molecule has 0 radical (unpaired) electrons. The second-order valence-corrected chi connectivity index (χ2v) is 4.02. The molecule has 0 amide bonds. The molecule has 2 rings (SSSR count). The van der Waals surface area contributed by atoms with Crippen LogP contribution in [0.2, 0.25) is 0 Å². The van der Waals surface area contributed by atoms with Crippen molar-refractivity contribution < 1.29 is 23.4 Å². The van der Waals surface area contributed by atoms with Crippen molar-refractivity contribution in [2.75, 3.05) is 6.61 Å². The van der Waals surface area contributed by atoms with Gasteiger partial charge in [-0.25, -0.2) is 0 Å². The molecule has 1 aromatic carbocycles. The summed E-state index contributed by atoms with van der Waals surface area (Å²) in [6.07, 6.45) is 2.45. The van der Waals surface area contributed by atoms with Crippen LogP contribution in [-0.4, -0.2) is 18.3 Å². The number of alkyl halides is 2. The zero-order valence-corrected chi connectivity index (χ0v) is 9.68. The van der Waals surface area contributed by atoms with E-state index in [1.165, 1.54) is 12.1 Å². The van der Waals surface area contributed by atoms with Gasteiger partial charge in [0.2, 0.25) is 0 Å². The van der Waals surface area contributed by atoms with Gasteiger partial charge in [0.05, 0.1) is 12.9 Å². The second-order valence-electron chi connectivity index (χ2n) is 4.02. The van der Waals surface area contributed by atoms with Gasteiger partial charge in [-0.2, -0.15) is 8.78 Å². The summed E-state index contributed by atoms with van der Waals surface area (Å²) in [6.45, 7) is -2.17. The van der Waals surface area contributed by atoms with Crippen LogP contribution in [0.15, 0.2) is 36.1 Å². The average molecular weight is 256 g/mol. The van der Waals surface area contributed by atoms with Crippen molar-refractivity contribution >= 4 is 0 Å². The van der Waals surface area contributed by atoms with Crippen LogP contribution >= 0.6 is 0 Å². The molecule has 1 N–H and O–H groups in total. The smallest absolute Gasteiger partial charge is 0.387 e. The van der Waals surface area contributed by atoms with E-state index in [1.54, 1.807) is 18.4 Å². The van der Waals surface area contributed by atoms with Gasteiger partial charge >= 0.3 is 6.61 Å². The molecule has 1 heterocycles. The fraction of sp³-hybridized carbons (Fsp3) is 0.385. The highest BCUT2D eigenvalue weighted by Crippen LogP contribution is 2.28. The molecule has 0 saturated carbocycles. The van der Waals surface area contributed by atoms with Crippen LogP contribution in [0.25, 0.3) is 0 Å². The second kappa shape index (κ2) is 5.82. The highest BCUT2D eigenvalue weighted by molar-refractivity contribution is 5.32. The SMILES string of the molecule is OC(C1=COCCC1)c1ccc(OC(F)F)cc1. The van der Waals surface area contributed by atoms with Crippen LogP contribution < -0.4 is 4.74 Å². The summed E-state index contributed by atoms with van der Waals surface area (Å²) in [6, 6.07) is 5.96. The third kappa shape index (κ3) is 3.20. The van der Waals surface area contributed by atoms with Gasteiger partial charge in [-0.15, -0.1) is 0 Å². The molecule has 1 atom stereocenters. The Hall–Kier alpha value is -1.62. The minimum atomic E-state index is -2.84. The fourth-order valence-electron chi connectivity index (χ4n) is 1.83. The topological polar surface area (TPSA) is 38.7 Å². The molecule has 3 nitrogen and oxygen atoms in total. The van der Waals surface area contributed by atoms with Crippen molar-refractivity contribution in [3.63, 3.8) is 0 Å². The maximum absolute atomic E-state index is 12.0. The highest BCUT2D eigenvalue weighted by atomic mass is 19.3. The molecular weight excluding hydrogens is 242 g/mol. The number of rotatable bonds is 4. The van der Waals surface area contributed by atoms with Gasteiger partial charge in [0.1, 0.15) is 11.9 Å². The molecule has 5 heteroatoms. The minimum absolute atomic E-state index is 0.0785. The van der Waals surface area contributed by atoms with Crippen LogP contribution in [0.3, 0.4) is 0 Å². The molecule has 1 aromatic rings. The van der Waals surface area contributed by atoms with E-state index in [1.807, 2.05) is 0 Å². The summed E-state index contributed by atoms with van der Waals surface area (Å²) in [5, 5.41) is 10.1. The Balaban J connectivity index is 2.06. The third-order valence-electron chi connectivity index (χ3n) is 2.73. The Labute approximate surface area is 104 Å². The van der Waals surface area contributed by atoms with Gasteiger partial charge < -0.3 is 14.6 Å². The van der Waals surface area contributed by atoms with E-state index in [-0.39, 0.29) is 5.75 Å². The third-order valence-corrected chi connectivity index (χ3v) is 2.73. The first-order chi connectivity index (χ1) is 8.66. The number of ether oxygens (including phenoxy) is 2. The van der Waals surface area contributed by atoms with Gasteiger partial charge in [0.15, 0.2) is 0 Å². The molecule has 1 aliphatic rings. The van der Waals surface area contributed by atoms with Gasteiger partial charge in [-0.05, 0) is 36.1 Å². The molecule has 0 spiro atoms. The van der Waals surface area contributed by atoms with Crippen LogP contribution in [-0.2, 0) is 4.74 Å². The summed E-state index contributed by atoms with van der Waals surface area (Å²) in [5.41, 5.74) is 1.43. The largest absolute Gasteiger partial charge is 0.501 e. The van der Waals surface area contributed by atoms with Crippen molar-refractivity contribution in [1.29, 1.82) is 0 Å². The summed E-state index contributed by atoms with van der Waals surface area (Å²) < 4.78 is 33.3. The summed E-state index contributed by atoms with van der Waals surface area (Å²) >= 11 is 0. The summed E-state index contributed by atoms with van der Waals surface area (Å²) in [4.78, 5) is 0. The molecule has 1 aliphatic heterocycles. The maximum atomic E-state index is 12.0. The Morgan fingerprint density at radius 1 is 1.22 bits per heavy atom. The van der Waals surface area contributed by atoms with Crippen LogP contribution in [0.1, 0.15) is 24.5 Å². The molecular formula is C13H14F2O3. The lowest BCUT2D eigenvalue weighted by molar-refractivity contribution is -0.0498. The van der Waals surface area contributed by atoms with Crippen molar-refractivity contribution in [1.82, 2.24) is 0 Å². The standard InChI is InChI=1S/C13H14F2O3/c14-13(15)18-11-5-3-9(4-6-11)12(16)10-2-1-7-17-8-10/h3-6,8,12-13,16H,1-2,7H2. The zero-order chi connectivity index (χ0) is 13.0. The van der Waals surface area contributed by atoms with Crippen LogP contribution in [0, 0.1) is 0 Å². The van der Waals surface area contributed by atoms with Crippen LogP contribution in [0.4, 0.5) is 8.78 Å². The van der Waals surface area contributed by atoms with Crippen molar-refractivity contribution in [3.8, 4) is 5.75 Å². The van der Waals surface area contributed by atoms with Gasteiger partial charge in [-0.1, -0.05) is 12.1 Å². The number of hydrogen-bond donors (Lipinski definition) is 1. The Morgan fingerprint density at radius 3 is 2.50 bits per heavy atom. The molecule has 0 aromatic heterocycles. The zero-order valence-electron chi connectivity index (χ0n) is 9.68. The van der Waals surface area contributed by atoms with E-state index in [9.17, 15) is 13.9 Å². The molecule has 98 valence electrons. The summed E-state index contributed by atoms with van der Waals surface area (Å²) in [5.74, 6) is 0.0785. The number of aliphatic hydroxyl groups excluding tert-OH is 1. The Kier molecular flexibility index (Phi) is 4.15. The number of aliphatic hydroxyl groups is 1. The summed E-state index contributed by atoms with van der Waals surface area (Å²) in [7, 11) is 0. The first kappa shape index (κ1) is 12.8. The van der Waals surface area contributed by atoms with Gasteiger partial charge in [-0.3, -0.25) is 0 Å². The lowest BCUT2D eigenvalue weighted by atomic mass is 9.98. The van der Waals surface area contributed by atoms with E-state index in [2.05, 4.69) is 4.74 Å². The fourth-order valence-corrected chi connectivity index (χ4v) is 1.83. The molecule has 0 saturated heterocycles. The van der Waals surface area contributed by atoms with E-state index < -0.39 is 12.7 Å². The van der Waals surface area contributed by atoms with Crippen LogP contribution in [0.5, 0.6) is 5.75 Å². The molecule has 0 aliphatic carbocycles. The lowest BCUT2D eigenvalue weighted by Gasteiger charge is -2.19. The highest BCUT2D eigenvalue weighted by Gasteiger charge is 2.16. The van der Waals surface area contributed by atoms with E-state index in [0.717, 1.165) is 18.4 Å². The molecule has 0 bridgehead atoms. The van der Waals surface area contributed by atoms with Gasteiger partial charge in [0.25, 0.3) is 0 Å². The van der Waals surface area contributed by atoms with Crippen molar-refractivity contribution in [3.05, 3.63) is 41.7 Å². The molecule has 1 unspecified atom stereocenters. The normalized spacial score (nSPS) is 17.0. The van der Waals surface area contributed by atoms with E-state index in [4.69, 9.17) is 4.74 Å². The molecule has 0 fully saturated rings. The quantitative estimate of drug-likeness (QED) is 0.900. The number of hydrogen-bond acceptors (Lipinski definition) is 3. The number of halogens is 2. The lowest BCUT2D eigenvalue weighted by Crippen LogP contribution is -2.08. The van der Waals surface area contributed by atoms with Crippen molar-refractivity contribution in [2.24, 2.45) is 0 Å². The molecule has 18 heavy (non-hydrogen) atoms. The predicted molar refractivity (Wildman–Crippen MR) is 61.3 cm³/mol. The average Bonchev–Trinajstić information content (AvgIpc) is 2.39. The maximum Gasteiger partial charge on any atom is 0.387 e. The first-order valence-electron chi connectivity index (χ1n) is 5.70. The Morgan fingerprint density at radius 2 is 1.94 bits per heavy atom. The van der Waals surface area contributed by atoms with Crippen molar-refractivity contribution in [2.45, 2.75) is 25.6 Å². The van der Waals surface area contributed by atoms with E-state index in [0.29, 0.717) is 12.2 Å². The minimum Gasteiger partial charge on any atom is -0.501 e.